The Balaban J connectivity index is 1.18. The Bertz CT molecular complexity index is 1090. The molecule has 2 heterocycles. The van der Waals surface area contributed by atoms with Gasteiger partial charge in [-0.15, -0.1) is 0 Å². The number of carbonyl (C=O) groups is 2. The van der Waals surface area contributed by atoms with Crippen molar-refractivity contribution in [3.05, 3.63) is 57.4 Å². The maximum Gasteiger partial charge on any atom is 0.326 e. The lowest BCUT2D eigenvalue weighted by atomic mass is 9.79. The lowest BCUT2D eigenvalue weighted by molar-refractivity contribution is -0.140. The summed E-state index contributed by atoms with van der Waals surface area (Å²) in [5, 5.41) is 11.7. The first-order valence-corrected chi connectivity index (χ1v) is 12.6. The number of hydrogen-bond donors (Lipinski definition) is 2. The molecule has 9 heteroatoms. The van der Waals surface area contributed by atoms with Crippen molar-refractivity contribution in [1.82, 2.24) is 15.3 Å². The van der Waals surface area contributed by atoms with Crippen molar-refractivity contribution in [2.75, 3.05) is 6.61 Å². The summed E-state index contributed by atoms with van der Waals surface area (Å²) in [7, 11) is 0. The van der Waals surface area contributed by atoms with Gasteiger partial charge in [0.05, 0.1) is 22.4 Å². The molecule has 1 saturated carbocycles. The summed E-state index contributed by atoms with van der Waals surface area (Å²) in [5.74, 6) is -2.38. The van der Waals surface area contributed by atoms with Crippen LogP contribution >= 0.6 is 11.6 Å². The summed E-state index contributed by atoms with van der Waals surface area (Å²) in [6.45, 7) is 1.59. The molecular weight excluding hydrogens is 473 g/mol. The third-order valence-electron chi connectivity index (χ3n) is 6.98. The fourth-order valence-electron chi connectivity index (χ4n) is 4.77. The molecule has 4 rings (SSSR count). The van der Waals surface area contributed by atoms with Crippen molar-refractivity contribution in [3.8, 4) is 0 Å². The van der Waals surface area contributed by atoms with Gasteiger partial charge in [-0.05, 0) is 75.8 Å². The molecule has 0 aromatic carbocycles. The van der Waals surface area contributed by atoms with E-state index in [0.29, 0.717) is 5.92 Å². The maximum atomic E-state index is 14.3. The van der Waals surface area contributed by atoms with Crippen LogP contribution in [0.5, 0.6) is 0 Å². The molecule has 0 unspecified atom stereocenters. The normalized spacial score (nSPS) is 20.0. The fourth-order valence-corrected chi connectivity index (χ4v) is 4.99. The smallest absolute Gasteiger partial charge is 0.326 e. The number of carboxylic acid groups (broad SMARTS) is 1. The summed E-state index contributed by atoms with van der Waals surface area (Å²) in [6.07, 6.45) is 9.96. The molecule has 7 nitrogen and oxygen atoms in total. The molecule has 35 heavy (non-hydrogen) atoms. The average molecular weight is 504 g/mol. The number of aromatic nitrogens is 2. The first-order valence-electron chi connectivity index (χ1n) is 12.3. The Morgan fingerprint density at radius 2 is 2.06 bits per heavy atom. The van der Waals surface area contributed by atoms with E-state index in [1.165, 1.54) is 37.2 Å². The summed E-state index contributed by atoms with van der Waals surface area (Å²) < 4.78 is 20.1. The van der Waals surface area contributed by atoms with E-state index < -0.39 is 29.3 Å². The SMILES string of the molecule is Cc1ncc(Cl)c(C(=O)N[C@@H](CCOC2CC(CCc3ccc4c(n3)CCCC4)C2)C(=O)O)c1F. The van der Waals surface area contributed by atoms with Gasteiger partial charge >= 0.3 is 5.97 Å². The first kappa shape index (κ1) is 25.5. The van der Waals surface area contributed by atoms with E-state index in [1.807, 2.05) is 0 Å². The number of aliphatic carboxylic acids is 1. The maximum absolute atomic E-state index is 14.3. The molecule has 0 aliphatic heterocycles. The Morgan fingerprint density at radius 3 is 2.83 bits per heavy atom. The van der Waals surface area contributed by atoms with Crippen LogP contribution in [0.25, 0.3) is 0 Å². The van der Waals surface area contributed by atoms with Crippen LogP contribution in [0.4, 0.5) is 4.39 Å². The number of carbonyl (C=O) groups excluding carboxylic acids is 1. The van der Waals surface area contributed by atoms with E-state index in [1.54, 1.807) is 0 Å². The van der Waals surface area contributed by atoms with Gasteiger partial charge in [0.2, 0.25) is 0 Å². The van der Waals surface area contributed by atoms with Gasteiger partial charge in [-0.2, -0.15) is 0 Å². The second kappa shape index (κ2) is 11.4. The molecule has 2 aliphatic rings. The predicted octanol–water partition coefficient (Wildman–Crippen LogP) is 4.46. The minimum absolute atomic E-state index is 0.0108. The van der Waals surface area contributed by atoms with Crippen LogP contribution in [0.1, 0.15) is 71.5 Å². The molecule has 1 atom stereocenters. The van der Waals surface area contributed by atoms with E-state index in [9.17, 15) is 19.1 Å². The molecule has 2 aromatic rings. The highest BCUT2D eigenvalue weighted by atomic mass is 35.5. The third-order valence-corrected chi connectivity index (χ3v) is 7.26. The highest BCUT2D eigenvalue weighted by molar-refractivity contribution is 6.33. The lowest BCUT2D eigenvalue weighted by Crippen LogP contribution is -2.42. The van der Waals surface area contributed by atoms with Gasteiger partial charge in [0.25, 0.3) is 5.91 Å². The summed E-state index contributed by atoms with van der Waals surface area (Å²) >= 11 is 5.90. The van der Waals surface area contributed by atoms with E-state index in [4.69, 9.17) is 21.3 Å². The summed E-state index contributed by atoms with van der Waals surface area (Å²) in [6, 6.07) is 3.18. The van der Waals surface area contributed by atoms with Crippen LogP contribution in [0.2, 0.25) is 5.02 Å². The topological polar surface area (TPSA) is 101 Å². The van der Waals surface area contributed by atoms with Crippen LogP contribution in [-0.2, 0) is 28.8 Å². The van der Waals surface area contributed by atoms with Gasteiger partial charge in [0.1, 0.15) is 6.04 Å². The summed E-state index contributed by atoms with van der Waals surface area (Å²) in [4.78, 5) is 32.7. The number of pyridine rings is 2. The molecule has 0 bridgehead atoms. The minimum atomic E-state index is -1.21. The van der Waals surface area contributed by atoms with Gasteiger partial charge < -0.3 is 15.2 Å². The number of halogens is 2. The van der Waals surface area contributed by atoms with Gasteiger partial charge in [0, 0.05) is 30.6 Å². The number of rotatable bonds is 10. The molecule has 188 valence electrons. The quantitative estimate of drug-likeness (QED) is 0.496. The average Bonchev–Trinajstić information content (AvgIpc) is 2.81. The zero-order valence-corrected chi connectivity index (χ0v) is 20.6. The van der Waals surface area contributed by atoms with Gasteiger partial charge in [-0.3, -0.25) is 14.8 Å². The molecule has 2 aliphatic carbocycles. The van der Waals surface area contributed by atoms with E-state index >= 15 is 0 Å². The van der Waals surface area contributed by atoms with E-state index in [-0.39, 0.29) is 29.8 Å². The largest absolute Gasteiger partial charge is 0.480 e. The number of nitrogens with one attached hydrogen (secondary N) is 1. The molecule has 1 amide bonds. The molecule has 1 fully saturated rings. The van der Waals surface area contributed by atoms with Crippen LogP contribution in [0.15, 0.2) is 18.3 Å². The van der Waals surface area contributed by atoms with Crippen molar-refractivity contribution in [2.45, 2.75) is 76.9 Å². The predicted molar refractivity (Wildman–Crippen MR) is 129 cm³/mol. The third kappa shape index (κ3) is 6.35. The molecule has 2 N–H and O–H groups in total. The van der Waals surface area contributed by atoms with E-state index in [0.717, 1.165) is 44.2 Å². The first-order chi connectivity index (χ1) is 16.8. The standard InChI is InChI=1S/C26H31ClFN3O4/c1-15-24(28)23(20(27)14-29-15)25(32)31-22(26(33)34)10-11-35-19-12-16(13-19)6-8-18-9-7-17-4-2-3-5-21(17)30-18/h7,9,14,16,19,22H,2-6,8,10-13H2,1H3,(H,31,32)(H,33,34)/t16?,19?,22-/m0/s1. The Hall–Kier alpha value is -2.58. The number of fused-ring (bicyclic) bond motifs is 1. The lowest BCUT2D eigenvalue weighted by Gasteiger charge is -2.35. The zero-order valence-electron chi connectivity index (χ0n) is 19.9. The molecule has 0 spiro atoms. The zero-order chi connectivity index (χ0) is 24.9. The van der Waals surface area contributed by atoms with Gasteiger partial charge in [-0.25, -0.2) is 9.18 Å². The van der Waals surface area contributed by atoms with Crippen molar-refractivity contribution >= 4 is 23.5 Å². The second-order valence-corrected chi connectivity index (χ2v) is 9.93. The van der Waals surface area contributed by atoms with Crippen LogP contribution in [0.3, 0.4) is 0 Å². The number of ether oxygens (including phenoxy) is 1. The van der Waals surface area contributed by atoms with Crippen LogP contribution in [0, 0.1) is 18.7 Å². The highest BCUT2D eigenvalue weighted by Gasteiger charge is 2.31. The Labute approximate surface area is 209 Å². The Morgan fingerprint density at radius 1 is 1.29 bits per heavy atom. The van der Waals surface area contributed by atoms with Gasteiger partial charge in [-0.1, -0.05) is 17.7 Å². The highest BCUT2D eigenvalue weighted by Crippen LogP contribution is 2.34. The monoisotopic (exact) mass is 503 g/mol. The van der Waals surface area contributed by atoms with Crippen LogP contribution in [-0.4, -0.2) is 45.7 Å². The number of carboxylic acids is 1. The molecule has 0 radical (unpaired) electrons. The van der Waals surface area contributed by atoms with Gasteiger partial charge in [0.15, 0.2) is 5.82 Å². The summed E-state index contributed by atoms with van der Waals surface area (Å²) in [5.41, 5.74) is 3.44. The van der Waals surface area contributed by atoms with Crippen molar-refractivity contribution in [3.63, 3.8) is 0 Å². The molecule has 2 aromatic heterocycles. The van der Waals surface area contributed by atoms with Crippen LogP contribution < -0.4 is 5.32 Å². The fraction of sp³-hybridized carbons (Fsp3) is 0.538. The molecule has 0 saturated heterocycles. The Kier molecular flexibility index (Phi) is 8.34. The minimum Gasteiger partial charge on any atom is -0.480 e. The van der Waals surface area contributed by atoms with Crippen molar-refractivity contribution in [1.29, 1.82) is 0 Å². The number of hydrogen-bond acceptors (Lipinski definition) is 5. The molecular formula is C26H31ClFN3O4. The van der Waals surface area contributed by atoms with Crippen molar-refractivity contribution in [2.24, 2.45) is 5.92 Å². The number of aryl methyl sites for hydroxylation is 4. The van der Waals surface area contributed by atoms with E-state index in [2.05, 4.69) is 22.4 Å². The second-order valence-electron chi connectivity index (χ2n) is 9.52. The number of amides is 1. The van der Waals surface area contributed by atoms with Crippen molar-refractivity contribution < 1.29 is 23.8 Å². The number of nitrogens with zero attached hydrogens (tertiary/aromatic N) is 2.